The van der Waals surface area contributed by atoms with Gasteiger partial charge in [0.1, 0.15) is 0 Å². The Hall–Kier alpha value is 0.0200. The van der Waals surface area contributed by atoms with Crippen molar-refractivity contribution in [2.45, 2.75) is 19.8 Å². The van der Waals surface area contributed by atoms with Crippen molar-refractivity contribution in [1.29, 1.82) is 0 Å². The molecule has 1 aliphatic heterocycles. The summed E-state index contributed by atoms with van der Waals surface area (Å²) in [5.41, 5.74) is 0. The summed E-state index contributed by atoms with van der Waals surface area (Å²) in [6.07, 6.45) is 2.25. The van der Waals surface area contributed by atoms with Crippen LogP contribution >= 0.6 is 11.8 Å². The highest BCUT2D eigenvalue weighted by molar-refractivity contribution is 8.15. The lowest BCUT2D eigenvalue weighted by molar-refractivity contribution is -0.115. The first-order valence-corrected chi connectivity index (χ1v) is 3.99. The number of hydrogen-bond donors (Lipinski definition) is 0. The van der Waals surface area contributed by atoms with Crippen LogP contribution in [0.1, 0.15) is 19.8 Å². The fourth-order valence-corrected chi connectivity index (χ4v) is 1.64. The molecule has 1 rings (SSSR count). The highest BCUT2D eigenvalue weighted by atomic mass is 32.2. The summed E-state index contributed by atoms with van der Waals surface area (Å²) >= 11 is 1.47. The molecule has 1 heterocycles. The van der Waals surface area contributed by atoms with E-state index in [9.17, 15) is 4.79 Å². The van der Waals surface area contributed by atoms with E-state index in [0.29, 0.717) is 11.0 Å². The van der Waals surface area contributed by atoms with Crippen LogP contribution in [-0.2, 0) is 4.79 Å². The second kappa shape index (κ2) is 2.53. The Morgan fingerprint density at radius 3 is 2.75 bits per heavy atom. The van der Waals surface area contributed by atoms with E-state index in [-0.39, 0.29) is 0 Å². The van der Waals surface area contributed by atoms with Crippen molar-refractivity contribution in [1.82, 2.24) is 0 Å². The summed E-state index contributed by atoms with van der Waals surface area (Å²) < 4.78 is 0. The van der Waals surface area contributed by atoms with Crippen LogP contribution in [0.4, 0.5) is 0 Å². The van der Waals surface area contributed by atoms with Crippen molar-refractivity contribution in [2.24, 2.45) is 5.92 Å². The van der Waals surface area contributed by atoms with Crippen molar-refractivity contribution in [3.8, 4) is 0 Å². The SMILES string of the molecule is CCCC1CSC1=O. The number of hydrogen-bond acceptors (Lipinski definition) is 2. The van der Waals surface area contributed by atoms with Crippen LogP contribution in [0.25, 0.3) is 0 Å². The third kappa shape index (κ3) is 1.05. The molecule has 0 aromatic rings. The van der Waals surface area contributed by atoms with Gasteiger partial charge >= 0.3 is 0 Å². The monoisotopic (exact) mass is 130 g/mol. The smallest absolute Gasteiger partial charge is 0.192 e. The fraction of sp³-hybridized carbons (Fsp3) is 0.833. The summed E-state index contributed by atoms with van der Waals surface area (Å²) in [5.74, 6) is 1.50. The Balaban J connectivity index is 2.17. The standard InChI is InChI=1S/C6H10OS/c1-2-3-5-4-8-6(5)7/h5H,2-4H2,1H3. The van der Waals surface area contributed by atoms with Gasteiger partial charge in [0.25, 0.3) is 0 Å². The average molecular weight is 130 g/mol. The first-order chi connectivity index (χ1) is 3.84. The number of carbonyl (C=O) groups is 1. The highest BCUT2D eigenvalue weighted by Gasteiger charge is 2.27. The number of rotatable bonds is 2. The minimum Gasteiger partial charge on any atom is -0.287 e. The molecule has 1 fully saturated rings. The van der Waals surface area contributed by atoms with E-state index in [1.54, 1.807) is 0 Å². The molecule has 8 heavy (non-hydrogen) atoms. The number of thioether (sulfide) groups is 1. The van der Waals surface area contributed by atoms with Gasteiger partial charge in [-0.25, -0.2) is 0 Å². The molecule has 0 aromatic heterocycles. The fourth-order valence-electron chi connectivity index (χ4n) is 0.819. The molecule has 0 radical (unpaired) electrons. The molecule has 1 saturated heterocycles. The molecule has 0 N–H and O–H groups in total. The highest BCUT2D eigenvalue weighted by Crippen LogP contribution is 2.30. The van der Waals surface area contributed by atoms with Gasteiger partial charge in [0.15, 0.2) is 5.12 Å². The van der Waals surface area contributed by atoms with E-state index < -0.39 is 0 Å². The van der Waals surface area contributed by atoms with E-state index in [1.165, 1.54) is 11.8 Å². The Bertz CT molecular complexity index is 101. The van der Waals surface area contributed by atoms with Gasteiger partial charge in [-0.15, -0.1) is 0 Å². The molecule has 0 spiro atoms. The van der Waals surface area contributed by atoms with E-state index in [1.807, 2.05) is 0 Å². The lowest BCUT2D eigenvalue weighted by atomic mass is 10.1. The van der Waals surface area contributed by atoms with Crippen LogP contribution in [0.3, 0.4) is 0 Å². The molecule has 0 saturated carbocycles. The summed E-state index contributed by atoms with van der Waals surface area (Å²) in [7, 11) is 0. The zero-order valence-electron chi connectivity index (χ0n) is 5.02. The maximum absolute atomic E-state index is 10.6. The Labute approximate surface area is 53.8 Å². The molecule has 0 aromatic carbocycles. The van der Waals surface area contributed by atoms with Crippen LogP contribution in [0, 0.1) is 5.92 Å². The third-order valence-corrected chi connectivity index (χ3v) is 2.58. The second-order valence-corrected chi connectivity index (χ2v) is 3.14. The van der Waals surface area contributed by atoms with E-state index in [2.05, 4.69) is 6.92 Å². The number of carbonyl (C=O) groups excluding carboxylic acids is 1. The van der Waals surface area contributed by atoms with Crippen LogP contribution in [0.5, 0.6) is 0 Å². The van der Waals surface area contributed by atoms with Crippen LogP contribution in [0.15, 0.2) is 0 Å². The molecule has 1 atom stereocenters. The van der Waals surface area contributed by atoms with Crippen molar-refractivity contribution < 1.29 is 4.79 Å². The van der Waals surface area contributed by atoms with E-state index in [0.717, 1.165) is 18.6 Å². The minimum atomic E-state index is 0.409. The van der Waals surface area contributed by atoms with Crippen molar-refractivity contribution in [2.75, 3.05) is 5.75 Å². The topological polar surface area (TPSA) is 17.1 Å². The van der Waals surface area contributed by atoms with Crippen molar-refractivity contribution in [3.05, 3.63) is 0 Å². The molecular weight excluding hydrogens is 120 g/mol. The van der Waals surface area contributed by atoms with Crippen LogP contribution in [-0.4, -0.2) is 10.9 Å². The molecule has 1 aliphatic rings. The van der Waals surface area contributed by atoms with Gasteiger partial charge in [0.2, 0.25) is 0 Å². The van der Waals surface area contributed by atoms with Gasteiger partial charge in [0.05, 0.1) is 0 Å². The van der Waals surface area contributed by atoms with E-state index >= 15 is 0 Å². The molecular formula is C6H10OS. The first kappa shape index (κ1) is 6.14. The van der Waals surface area contributed by atoms with Gasteiger partial charge < -0.3 is 0 Å². The predicted octanol–water partition coefficient (Wildman–Crippen LogP) is 1.68. The van der Waals surface area contributed by atoms with Gasteiger partial charge in [-0.2, -0.15) is 0 Å². The van der Waals surface area contributed by atoms with Gasteiger partial charge in [-0.1, -0.05) is 25.1 Å². The largest absolute Gasteiger partial charge is 0.287 e. The molecule has 2 heteroatoms. The Kier molecular flexibility index (Phi) is 1.95. The summed E-state index contributed by atoms with van der Waals surface area (Å²) in [6.45, 7) is 2.12. The Morgan fingerprint density at radius 2 is 2.62 bits per heavy atom. The lowest BCUT2D eigenvalue weighted by Gasteiger charge is -2.21. The lowest BCUT2D eigenvalue weighted by Crippen LogP contribution is -2.24. The molecule has 1 unspecified atom stereocenters. The van der Waals surface area contributed by atoms with Crippen molar-refractivity contribution in [3.63, 3.8) is 0 Å². The quantitative estimate of drug-likeness (QED) is 0.565. The molecule has 46 valence electrons. The van der Waals surface area contributed by atoms with E-state index in [4.69, 9.17) is 0 Å². The molecule has 0 aliphatic carbocycles. The summed E-state index contributed by atoms with van der Waals surface area (Å²) in [6, 6.07) is 0. The minimum absolute atomic E-state index is 0.409. The average Bonchev–Trinajstić information content (AvgIpc) is 1.79. The zero-order valence-corrected chi connectivity index (χ0v) is 5.83. The predicted molar refractivity (Wildman–Crippen MR) is 35.9 cm³/mol. The molecule has 0 amide bonds. The maximum Gasteiger partial charge on any atom is 0.192 e. The third-order valence-electron chi connectivity index (χ3n) is 1.40. The normalized spacial score (nSPS) is 27.6. The van der Waals surface area contributed by atoms with Gasteiger partial charge in [-0.05, 0) is 6.42 Å². The van der Waals surface area contributed by atoms with Gasteiger partial charge in [0, 0.05) is 11.7 Å². The van der Waals surface area contributed by atoms with Gasteiger partial charge in [-0.3, -0.25) is 4.79 Å². The van der Waals surface area contributed by atoms with Crippen LogP contribution in [0.2, 0.25) is 0 Å². The van der Waals surface area contributed by atoms with Crippen molar-refractivity contribution >= 4 is 16.9 Å². The van der Waals surface area contributed by atoms with Crippen LogP contribution < -0.4 is 0 Å². The first-order valence-electron chi connectivity index (χ1n) is 3.01. The molecule has 0 bridgehead atoms. The zero-order chi connectivity index (χ0) is 5.98. The summed E-state index contributed by atoms with van der Waals surface area (Å²) in [4.78, 5) is 10.6. The summed E-state index contributed by atoms with van der Waals surface area (Å²) in [5, 5.41) is 0.409. The Morgan fingerprint density at radius 1 is 1.88 bits per heavy atom. The maximum atomic E-state index is 10.6. The molecule has 1 nitrogen and oxygen atoms in total. The second-order valence-electron chi connectivity index (χ2n) is 2.12.